The molecule has 0 atom stereocenters. The van der Waals surface area contributed by atoms with Gasteiger partial charge in [0.2, 0.25) is 11.2 Å². The zero-order valence-corrected chi connectivity index (χ0v) is 13.3. The van der Waals surface area contributed by atoms with Gasteiger partial charge in [0.15, 0.2) is 0 Å². The number of ether oxygens (including phenoxy) is 2. The highest BCUT2D eigenvalue weighted by atomic mass is 35.5. The molecule has 1 aliphatic rings. The molecule has 0 saturated carbocycles. The van der Waals surface area contributed by atoms with E-state index < -0.39 is 5.60 Å². The standard InChI is InChI=1S/C13H21ClN4O3/c1-9(2)21-12-16-10(14)15-11(17-12)18(3)8-13(19)4-6-20-7-5-13/h9,19H,4-8H2,1-3H3. The number of hydrogen-bond donors (Lipinski definition) is 1. The van der Waals surface area contributed by atoms with Crippen LogP contribution in [0.1, 0.15) is 26.7 Å². The second kappa shape index (κ2) is 6.72. The molecule has 0 aliphatic carbocycles. The third kappa shape index (κ3) is 4.66. The largest absolute Gasteiger partial charge is 0.461 e. The average Bonchev–Trinajstić information content (AvgIpc) is 2.37. The van der Waals surface area contributed by atoms with E-state index in [-0.39, 0.29) is 17.4 Å². The molecule has 2 rings (SSSR count). The van der Waals surface area contributed by atoms with E-state index in [0.29, 0.717) is 38.5 Å². The first-order chi connectivity index (χ1) is 9.88. The molecule has 1 saturated heterocycles. The Kier molecular flexibility index (Phi) is 5.18. The molecule has 118 valence electrons. The van der Waals surface area contributed by atoms with Gasteiger partial charge in [0.25, 0.3) is 0 Å². The topological polar surface area (TPSA) is 80.6 Å². The van der Waals surface area contributed by atoms with Gasteiger partial charge in [-0.3, -0.25) is 0 Å². The van der Waals surface area contributed by atoms with Crippen LogP contribution in [-0.2, 0) is 4.74 Å². The van der Waals surface area contributed by atoms with Crippen molar-refractivity contribution in [2.45, 2.75) is 38.4 Å². The van der Waals surface area contributed by atoms with E-state index in [0.717, 1.165) is 0 Å². The van der Waals surface area contributed by atoms with Crippen LogP contribution >= 0.6 is 11.6 Å². The van der Waals surface area contributed by atoms with Crippen LogP contribution in [-0.4, -0.2) is 58.6 Å². The number of aliphatic hydroxyl groups is 1. The van der Waals surface area contributed by atoms with Gasteiger partial charge in [-0.1, -0.05) is 0 Å². The van der Waals surface area contributed by atoms with Crippen LogP contribution in [0, 0.1) is 0 Å². The molecule has 0 amide bonds. The quantitative estimate of drug-likeness (QED) is 0.876. The summed E-state index contributed by atoms with van der Waals surface area (Å²) in [5.74, 6) is 0.380. The minimum atomic E-state index is -0.800. The number of likely N-dealkylation sites (N-methyl/N-ethyl adjacent to an activating group) is 1. The molecule has 0 bridgehead atoms. The van der Waals surface area contributed by atoms with Crippen molar-refractivity contribution in [2.75, 3.05) is 31.7 Å². The lowest BCUT2D eigenvalue weighted by Crippen LogP contribution is -2.46. The number of hydrogen-bond acceptors (Lipinski definition) is 7. The molecule has 7 nitrogen and oxygen atoms in total. The molecule has 0 spiro atoms. The van der Waals surface area contributed by atoms with Crippen LogP contribution in [0.25, 0.3) is 0 Å². The van der Waals surface area contributed by atoms with Crippen LogP contribution in [0.5, 0.6) is 6.01 Å². The number of rotatable bonds is 5. The molecule has 2 heterocycles. The Bertz CT molecular complexity index is 480. The van der Waals surface area contributed by atoms with E-state index in [1.165, 1.54) is 0 Å². The highest BCUT2D eigenvalue weighted by Gasteiger charge is 2.32. The zero-order chi connectivity index (χ0) is 15.5. The fourth-order valence-corrected chi connectivity index (χ4v) is 2.33. The number of halogens is 1. The molecule has 0 radical (unpaired) electrons. The van der Waals surface area contributed by atoms with Crippen LogP contribution in [0.3, 0.4) is 0 Å². The molecule has 1 aromatic rings. The molecular formula is C13H21ClN4O3. The van der Waals surface area contributed by atoms with Gasteiger partial charge >= 0.3 is 6.01 Å². The summed E-state index contributed by atoms with van der Waals surface area (Å²) in [5.41, 5.74) is -0.800. The number of nitrogens with zero attached hydrogens (tertiary/aromatic N) is 4. The first-order valence-electron chi connectivity index (χ1n) is 6.97. The zero-order valence-electron chi connectivity index (χ0n) is 12.5. The van der Waals surface area contributed by atoms with Crippen molar-refractivity contribution in [1.82, 2.24) is 15.0 Å². The lowest BCUT2D eigenvalue weighted by atomic mass is 9.94. The van der Waals surface area contributed by atoms with Crippen LogP contribution in [0.2, 0.25) is 5.28 Å². The first-order valence-corrected chi connectivity index (χ1v) is 7.35. The van der Waals surface area contributed by atoms with E-state index in [2.05, 4.69) is 15.0 Å². The van der Waals surface area contributed by atoms with Crippen molar-refractivity contribution >= 4 is 17.5 Å². The highest BCUT2D eigenvalue weighted by molar-refractivity contribution is 6.28. The Morgan fingerprint density at radius 3 is 2.62 bits per heavy atom. The van der Waals surface area contributed by atoms with Gasteiger partial charge < -0.3 is 19.5 Å². The van der Waals surface area contributed by atoms with Crippen molar-refractivity contribution in [3.05, 3.63) is 5.28 Å². The lowest BCUT2D eigenvalue weighted by Gasteiger charge is -2.35. The van der Waals surface area contributed by atoms with E-state index >= 15 is 0 Å². The van der Waals surface area contributed by atoms with Gasteiger partial charge in [0.1, 0.15) is 0 Å². The predicted octanol–water partition coefficient (Wildman–Crippen LogP) is 1.29. The number of anilines is 1. The minimum Gasteiger partial charge on any atom is -0.461 e. The summed E-state index contributed by atoms with van der Waals surface area (Å²) < 4.78 is 10.7. The Morgan fingerprint density at radius 1 is 1.33 bits per heavy atom. The Hall–Kier alpha value is -1.18. The molecular weight excluding hydrogens is 296 g/mol. The van der Waals surface area contributed by atoms with Gasteiger partial charge in [-0.15, -0.1) is 0 Å². The lowest BCUT2D eigenvalue weighted by molar-refractivity contribution is -0.0574. The maximum absolute atomic E-state index is 10.5. The summed E-state index contributed by atoms with van der Waals surface area (Å²) in [7, 11) is 1.80. The Labute approximate surface area is 129 Å². The third-order valence-electron chi connectivity index (χ3n) is 3.21. The van der Waals surface area contributed by atoms with Crippen LogP contribution < -0.4 is 9.64 Å². The van der Waals surface area contributed by atoms with E-state index in [1.54, 1.807) is 11.9 Å². The summed E-state index contributed by atoms with van der Waals surface area (Å²) in [6.45, 7) is 5.28. The van der Waals surface area contributed by atoms with Crippen molar-refractivity contribution < 1.29 is 14.6 Å². The fraction of sp³-hybridized carbons (Fsp3) is 0.769. The molecule has 0 unspecified atom stereocenters. The SMILES string of the molecule is CC(C)Oc1nc(Cl)nc(N(C)CC2(O)CCOCC2)n1. The molecule has 0 aromatic carbocycles. The van der Waals surface area contributed by atoms with Crippen molar-refractivity contribution in [1.29, 1.82) is 0 Å². The Balaban J connectivity index is 2.10. The Morgan fingerprint density at radius 2 is 2.00 bits per heavy atom. The van der Waals surface area contributed by atoms with Gasteiger partial charge in [-0.05, 0) is 25.4 Å². The third-order valence-corrected chi connectivity index (χ3v) is 3.38. The second-order valence-electron chi connectivity index (χ2n) is 5.55. The molecule has 1 aromatic heterocycles. The smallest absolute Gasteiger partial charge is 0.322 e. The van der Waals surface area contributed by atoms with Crippen molar-refractivity contribution in [3.63, 3.8) is 0 Å². The molecule has 1 aliphatic heterocycles. The first kappa shape index (κ1) is 16.2. The predicted molar refractivity (Wildman–Crippen MR) is 78.9 cm³/mol. The second-order valence-corrected chi connectivity index (χ2v) is 5.88. The molecule has 8 heteroatoms. The summed E-state index contributed by atoms with van der Waals surface area (Å²) >= 11 is 5.90. The van der Waals surface area contributed by atoms with Gasteiger partial charge in [-0.2, -0.15) is 15.0 Å². The monoisotopic (exact) mass is 316 g/mol. The molecule has 21 heavy (non-hydrogen) atoms. The summed E-state index contributed by atoms with van der Waals surface area (Å²) in [6, 6.07) is 0.186. The number of aromatic nitrogens is 3. The van der Waals surface area contributed by atoms with Gasteiger partial charge in [0, 0.05) is 39.6 Å². The molecule has 1 fully saturated rings. The summed E-state index contributed by atoms with van der Waals surface area (Å²) in [5, 5.41) is 10.6. The maximum Gasteiger partial charge on any atom is 0.322 e. The fourth-order valence-electron chi connectivity index (χ4n) is 2.18. The minimum absolute atomic E-state index is 0.0544. The van der Waals surface area contributed by atoms with Crippen LogP contribution in [0.15, 0.2) is 0 Å². The van der Waals surface area contributed by atoms with E-state index in [1.807, 2.05) is 13.8 Å². The highest BCUT2D eigenvalue weighted by Crippen LogP contribution is 2.23. The van der Waals surface area contributed by atoms with Gasteiger partial charge in [0.05, 0.1) is 11.7 Å². The summed E-state index contributed by atoms with van der Waals surface area (Å²) in [6.07, 6.45) is 1.12. The normalized spacial score (nSPS) is 17.8. The maximum atomic E-state index is 10.5. The molecule has 1 N–H and O–H groups in total. The van der Waals surface area contributed by atoms with Gasteiger partial charge in [-0.25, -0.2) is 0 Å². The van der Waals surface area contributed by atoms with Crippen LogP contribution in [0.4, 0.5) is 5.95 Å². The van der Waals surface area contributed by atoms with E-state index in [4.69, 9.17) is 21.1 Å². The van der Waals surface area contributed by atoms with E-state index in [9.17, 15) is 5.11 Å². The average molecular weight is 317 g/mol. The van der Waals surface area contributed by atoms with Crippen molar-refractivity contribution in [2.24, 2.45) is 0 Å². The van der Waals surface area contributed by atoms with Crippen molar-refractivity contribution in [3.8, 4) is 6.01 Å². The summed E-state index contributed by atoms with van der Waals surface area (Å²) in [4.78, 5) is 14.0.